The standard InChI is InChI=1S/C72H128O48/c73-9-1-17-97-57-41(89)49-33(25-81)105-65(57)113-50-34(26-82)106-67(58(42(50)90)98-18-2-10-74)115-52-36(28-84)108-69(60(44(52)92)100-20-4-12-76)117-54-38(30-86)110-71(62(46(54)94)102-22-6-14-78)119-56-40(32-88)112-72(64(48(56)96)104-24-8-16-80)120-55-39(31-87)111-70(63(47(55)95)103-23-7-15-79)118-53-37(29-85)109-68(61(45(53)93)101-21-5-13-77)116-51-35(27-83)107-66(114-49)59(43(51)91)99-19-3-11-75/h33-96H,1-32H2. The first-order valence-corrected chi connectivity index (χ1v) is 40.8. The zero-order chi connectivity index (χ0) is 86.7. The van der Waals surface area contributed by atoms with Crippen LogP contribution in [-0.4, -0.2) is 527 Å². The highest BCUT2D eigenvalue weighted by molar-refractivity contribution is 5.04. The summed E-state index contributed by atoms with van der Waals surface area (Å²) in [4.78, 5) is 0. The van der Waals surface area contributed by atoms with Crippen LogP contribution in [0.5, 0.6) is 0 Å². The van der Waals surface area contributed by atoms with E-state index < -0.39 is 351 Å². The Morgan fingerprint density at radius 3 is 0.333 bits per heavy atom. The van der Waals surface area contributed by atoms with Crippen molar-refractivity contribution in [2.24, 2.45) is 0 Å². The third kappa shape index (κ3) is 25.4. The van der Waals surface area contributed by atoms with Crippen molar-refractivity contribution in [1.82, 2.24) is 0 Å². The van der Waals surface area contributed by atoms with Crippen molar-refractivity contribution in [3.05, 3.63) is 0 Å². The highest BCUT2D eigenvalue weighted by atomic mass is 16.8. The van der Waals surface area contributed by atoms with Gasteiger partial charge in [-0.2, -0.15) is 0 Å². The average molecular weight is 1760 g/mol. The molecule has 48 nitrogen and oxygen atoms in total. The summed E-state index contributed by atoms with van der Waals surface area (Å²) < 4.78 is 150. The van der Waals surface area contributed by atoms with Crippen LogP contribution in [0.3, 0.4) is 0 Å². The van der Waals surface area contributed by atoms with Gasteiger partial charge in [0.2, 0.25) is 0 Å². The lowest BCUT2D eigenvalue weighted by atomic mass is 9.94. The van der Waals surface area contributed by atoms with Gasteiger partial charge in [0.25, 0.3) is 0 Å². The minimum atomic E-state index is -2.05. The summed E-state index contributed by atoms with van der Waals surface area (Å²) in [5.41, 5.74) is 0. The molecule has 120 heavy (non-hydrogen) atoms. The Balaban J connectivity index is 1.13. The van der Waals surface area contributed by atoms with E-state index >= 15 is 0 Å². The summed E-state index contributed by atoms with van der Waals surface area (Å²) in [7, 11) is 0. The molecule has 0 amide bonds. The minimum Gasteiger partial charge on any atom is -0.396 e. The summed E-state index contributed by atoms with van der Waals surface area (Å²) in [6.45, 7) is -15.0. The van der Waals surface area contributed by atoms with Crippen molar-refractivity contribution in [3.8, 4) is 0 Å². The molecular formula is C72H128O48. The van der Waals surface area contributed by atoms with Crippen LogP contribution in [-0.2, 0) is 114 Å². The molecule has 0 aromatic rings. The van der Waals surface area contributed by atoms with E-state index in [4.69, 9.17) is 114 Å². The van der Waals surface area contributed by atoms with E-state index in [1.807, 2.05) is 0 Å². The Morgan fingerprint density at radius 1 is 0.150 bits per heavy atom. The number of ether oxygens (including phenoxy) is 24. The molecule has 30 aliphatic rings. The Morgan fingerprint density at radius 2 is 0.250 bits per heavy atom. The lowest BCUT2D eigenvalue weighted by Gasteiger charge is -2.52. The Hall–Kier alpha value is -1.92. The molecule has 0 radical (unpaired) electrons. The molecule has 40 unspecified atom stereocenters. The van der Waals surface area contributed by atoms with Gasteiger partial charge in [0.05, 0.1) is 52.9 Å². The highest BCUT2D eigenvalue weighted by Crippen LogP contribution is 2.43. The normalized spacial score (nSPS) is 43.8. The summed E-state index contributed by atoms with van der Waals surface area (Å²) in [6, 6.07) is 0. The minimum absolute atomic E-state index is 0.0906. The van der Waals surface area contributed by atoms with Crippen molar-refractivity contribution in [1.29, 1.82) is 0 Å². The van der Waals surface area contributed by atoms with Gasteiger partial charge in [0.15, 0.2) is 50.3 Å². The molecule has 0 aromatic carbocycles. The van der Waals surface area contributed by atoms with Gasteiger partial charge < -0.3 is 236 Å². The number of hydrogen-bond donors (Lipinski definition) is 24. The van der Waals surface area contributed by atoms with Crippen molar-refractivity contribution in [2.45, 2.75) is 297 Å². The van der Waals surface area contributed by atoms with Crippen LogP contribution < -0.4 is 0 Å². The molecule has 16 bridgehead atoms. The van der Waals surface area contributed by atoms with Crippen LogP contribution in [0.1, 0.15) is 51.4 Å². The molecule has 40 atom stereocenters. The van der Waals surface area contributed by atoms with Crippen molar-refractivity contribution in [2.75, 3.05) is 159 Å². The highest BCUT2D eigenvalue weighted by Gasteiger charge is 2.62. The van der Waals surface area contributed by atoms with Crippen LogP contribution in [0.15, 0.2) is 0 Å². The lowest BCUT2D eigenvalue weighted by Crippen LogP contribution is -2.69. The van der Waals surface area contributed by atoms with E-state index in [1.54, 1.807) is 0 Å². The van der Waals surface area contributed by atoms with E-state index in [2.05, 4.69) is 0 Å². The van der Waals surface area contributed by atoms with Crippen LogP contribution >= 0.6 is 0 Å². The first-order valence-electron chi connectivity index (χ1n) is 40.8. The third-order valence-electron chi connectivity index (χ3n) is 21.6. The van der Waals surface area contributed by atoms with E-state index in [1.165, 1.54) is 0 Å². The maximum atomic E-state index is 12.6. The molecule has 48 heteroatoms. The summed E-state index contributed by atoms with van der Waals surface area (Å²) in [6.07, 6.45) is -75.5. The number of aliphatic hydroxyl groups excluding tert-OH is 24. The molecule has 0 aliphatic carbocycles. The van der Waals surface area contributed by atoms with E-state index in [9.17, 15) is 123 Å². The smallest absolute Gasteiger partial charge is 0.187 e. The molecule has 30 fully saturated rings. The predicted molar refractivity (Wildman–Crippen MR) is 385 cm³/mol. The second-order valence-corrected chi connectivity index (χ2v) is 29.8. The zero-order valence-electron chi connectivity index (χ0n) is 66.3. The zero-order valence-corrected chi connectivity index (χ0v) is 66.3. The van der Waals surface area contributed by atoms with Crippen LogP contribution in [0, 0.1) is 0 Å². The fourth-order valence-electron chi connectivity index (χ4n) is 15.5. The summed E-state index contributed by atoms with van der Waals surface area (Å²) >= 11 is 0. The topological polar surface area (TPSA) is 707 Å². The van der Waals surface area contributed by atoms with Crippen molar-refractivity contribution < 1.29 is 236 Å². The first-order chi connectivity index (χ1) is 58.2. The SMILES string of the molecule is OCCCOC1C2OC(CO)C(OC3OC(CO)C(OC4OC(CO)C(OC5OC(CO)C(OC6OC(CO)C(OC7OC(CO)C(OC8OC(CO)C(OC9OC(CO)C(O2)C(O)C9OCCCO)C(O)C8OCCCO)C(O)C7OCCCO)C(O)C6OCCCO)C(O)C5OCCCO)C(O)C4OCCCO)C(O)C3OCCCO)C1O. The second-order valence-electron chi connectivity index (χ2n) is 29.8. The quantitative estimate of drug-likeness (QED) is 0.0253. The molecule has 30 heterocycles. The van der Waals surface area contributed by atoms with E-state index in [-0.39, 0.29) is 104 Å². The molecule has 704 valence electrons. The molecule has 0 aromatic heterocycles. The van der Waals surface area contributed by atoms with Gasteiger partial charge in [-0.1, -0.05) is 0 Å². The second kappa shape index (κ2) is 52.1. The summed E-state index contributed by atoms with van der Waals surface area (Å²) in [5, 5.41) is 269. The van der Waals surface area contributed by atoms with Crippen LogP contribution in [0.4, 0.5) is 0 Å². The monoisotopic (exact) mass is 1760 g/mol. The Kier molecular flexibility index (Phi) is 44.2. The van der Waals surface area contributed by atoms with Crippen molar-refractivity contribution >= 4 is 0 Å². The van der Waals surface area contributed by atoms with Gasteiger partial charge in [0.1, 0.15) is 195 Å². The molecule has 0 saturated carbocycles. The molecule has 24 N–H and O–H groups in total. The molecule has 30 rings (SSSR count). The van der Waals surface area contributed by atoms with Crippen LogP contribution in [0.25, 0.3) is 0 Å². The molecule has 30 aliphatic heterocycles. The maximum Gasteiger partial charge on any atom is 0.187 e. The number of rotatable bonds is 40. The third-order valence-corrected chi connectivity index (χ3v) is 21.6. The summed E-state index contributed by atoms with van der Waals surface area (Å²) in [5.74, 6) is 0. The Labute approximate surface area is 689 Å². The predicted octanol–water partition coefficient (Wildman–Crippen LogP) is -14.2. The number of aliphatic hydroxyl groups is 24. The first kappa shape index (κ1) is 102. The van der Waals surface area contributed by atoms with Gasteiger partial charge in [-0.3, -0.25) is 0 Å². The average Bonchev–Trinajstić information content (AvgIpc) is 0.765. The van der Waals surface area contributed by atoms with E-state index in [0.29, 0.717) is 0 Å². The van der Waals surface area contributed by atoms with Crippen molar-refractivity contribution in [3.63, 3.8) is 0 Å². The van der Waals surface area contributed by atoms with Crippen LogP contribution in [0.2, 0.25) is 0 Å². The molecular weight excluding hydrogens is 1630 g/mol. The largest absolute Gasteiger partial charge is 0.396 e. The molecule has 30 saturated heterocycles. The van der Waals surface area contributed by atoms with Gasteiger partial charge in [-0.15, -0.1) is 0 Å². The van der Waals surface area contributed by atoms with E-state index in [0.717, 1.165) is 0 Å². The number of hydrogen-bond acceptors (Lipinski definition) is 48. The van der Waals surface area contributed by atoms with Gasteiger partial charge in [-0.05, 0) is 51.4 Å². The fraction of sp³-hybridized carbons (Fsp3) is 1.00. The lowest BCUT2D eigenvalue weighted by molar-refractivity contribution is -0.409. The fourth-order valence-corrected chi connectivity index (χ4v) is 15.5. The molecule has 0 spiro atoms. The van der Waals surface area contributed by atoms with Gasteiger partial charge >= 0.3 is 0 Å². The Bertz CT molecular complexity index is 2210. The van der Waals surface area contributed by atoms with Gasteiger partial charge in [0, 0.05) is 106 Å². The maximum absolute atomic E-state index is 12.6. The van der Waals surface area contributed by atoms with Gasteiger partial charge in [-0.25, -0.2) is 0 Å².